The molecule has 3 aromatic carbocycles. The molecule has 148 valence electrons. The Bertz CT molecular complexity index is 992. The average Bonchev–Trinajstić information content (AvgIpc) is 3.24. The minimum Gasteiger partial charge on any atom is -0.465 e. The van der Waals surface area contributed by atoms with Gasteiger partial charge in [-0.1, -0.05) is 42.5 Å². The third kappa shape index (κ3) is 4.77. The minimum atomic E-state index is -0.299. The van der Waals surface area contributed by atoms with Gasteiger partial charge in [0.15, 0.2) is 11.5 Å². The molecule has 4 heteroatoms. The Morgan fingerprint density at radius 1 is 0.759 bits per heavy atom. The first-order valence-electron chi connectivity index (χ1n) is 9.85. The number of hydrogen-bond donors (Lipinski definition) is 0. The Kier molecular flexibility index (Phi) is 5.80. The lowest BCUT2D eigenvalue weighted by atomic mass is 9.99. The molecule has 0 amide bonds. The summed E-state index contributed by atoms with van der Waals surface area (Å²) in [6, 6.07) is 22.6. The average molecular weight is 388 g/mol. The largest absolute Gasteiger partial charge is 0.465 e. The van der Waals surface area contributed by atoms with Crippen molar-refractivity contribution < 1.29 is 19.0 Å². The van der Waals surface area contributed by atoms with E-state index in [1.807, 2.05) is 30.3 Å². The van der Waals surface area contributed by atoms with Gasteiger partial charge in [0.2, 0.25) is 6.79 Å². The molecule has 4 nitrogen and oxygen atoms in total. The van der Waals surface area contributed by atoms with E-state index in [1.165, 1.54) is 29.4 Å². The molecule has 29 heavy (non-hydrogen) atoms. The van der Waals surface area contributed by atoms with E-state index < -0.39 is 0 Å². The molecular weight excluding hydrogens is 364 g/mol. The van der Waals surface area contributed by atoms with Gasteiger partial charge in [0.25, 0.3) is 0 Å². The predicted octanol–water partition coefficient (Wildman–Crippen LogP) is 4.77. The zero-order valence-corrected chi connectivity index (χ0v) is 16.5. The lowest BCUT2D eigenvalue weighted by Crippen LogP contribution is -2.01. The Morgan fingerprint density at radius 3 is 2.03 bits per heavy atom. The summed E-state index contributed by atoms with van der Waals surface area (Å²) >= 11 is 0. The molecule has 0 fully saturated rings. The van der Waals surface area contributed by atoms with Crippen molar-refractivity contribution in [3.8, 4) is 11.5 Å². The number of hydrogen-bond acceptors (Lipinski definition) is 4. The molecule has 0 atom stereocenters. The summed E-state index contributed by atoms with van der Waals surface area (Å²) in [5.41, 5.74) is 5.71. The number of fused-ring (bicyclic) bond motifs is 1. The number of aryl methyl sites for hydroxylation is 4. The Labute approximate surface area is 171 Å². The Hall–Kier alpha value is -3.27. The van der Waals surface area contributed by atoms with Gasteiger partial charge < -0.3 is 14.2 Å². The fraction of sp³-hybridized carbons (Fsp3) is 0.240. The van der Waals surface area contributed by atoms with Gasteiger partial charge in [-0.15, -0.1) is 0 Å². The van der Waals surface area contributed by atoms with Gasteiger partial charge in [0.05, 0.1) is 12.7 Å². The van der Waals surface area contributed by atoms with Crippen molar-refractivity contribution in [2.24, 2.45) is 0 Å². The van der Waals surface area contributed by atoms with Crippen LogP contribution in [-0.2, 0) is 30.4 Å². The first-order valence-corrected chi connectivity index (χ1v) is 9.85. The van der Waals surface area contributed by atoms with Gasteiger partial charge in [-0.05, 0) is 72.2 Å². The molecule has 0 aliphatic carbocycles. The van der Waals surface area contributed by atoms with Gasteiger partial charge in [0, 0.05) is 0 Å². The van der Waals surface area contributed by atoms with Crippen molar-refractivity contribution in [3.05, 3.63) is 94.5 Å². The summed E-state index contributed by atoms with van der Waals surface area (Å²) in [4.78, 5) is 11.5. The molecule has 0 aromatic heterocycles. The summed E-state index contributed by atoms with van der Waals surface area (Å²) in [6.45, 7) is 0.312. The molecule has 0 bridgehead atoms. The van der Waals surface area contributed by atoms with Gasteiger partial charge in [0.1, 0.15) is 0 Å². The second-order valence-corrected chi connectivity index (χ2v) is 7.20. The van der Waals surface area contributed by atoms with E-state index in [2.05, 4.69) is 36.4 Å². The molecule has 1 aliphatic rings. The second kappa shape index (κ2) is 8.82. The Balaban J connectivity index is 1.33. The first-order chi connectivity index (χ1) is 14.2. The lowest BCUT2D eigenvalue weighted by molar-refractivity contribution is 0.0600. The number of benzene rings is 3. The molecule has 1 heterocycles. The van der Waals surface area contributed by atoms with Gasteiger partial charge >= 0.3 is 5.97 Å². The quantitative estimate of drug-likeness (QED) is 0.547. The summed E-state index contributed by atoms with van der Waals surface area (Å²) in [5, 5.41) is 0. The monoisotopic (exact) mass is 388 g/mol. The minimum absolute atomic E-state index is 0.299. The number of carbonyl (C=O) groups is 1. The van der Waals surface area contributed by atoms with Crippen LogP contribution < -0.4 is 9.47 Å². The standard InChI is InChI=1S/C25H24O4/c1-27-25(26)22-12-9-18(10-13-22)5-6-19-3-2-4-20(15-19)7-8-21-11-14-23-24(16-21)29-17-28-23/h2-4,9-16H,5-8,17H2,1H3. The summed E-state index contributed by atoms with van der Waals surface area (Å²) in [6.07, 6.45) is 3.86. The number of methoxy groups -OCH3 is 1. The zero-order chi connectivity index (χ0) is 20.1. The van der Waals surface area contributed by atoms with E-state index in [4.69, 9.17) is 14.2 Å². The van der Waals surface area contributed by atoms with E-state index in [-0.39, 0.29) is 5.97 Å². The Morgan fingerprint density at radius 2 is 1.34 bits per heavy atom. The van der Waals surface area contributed by atoms with Crippen LogP contribution in [0.4, 0.5) is 0 Å². The summed E-state index contributed by atoms with van der Waals surface area (Å²) in [5.74, 6) is 1.37. The topological polar surface area (TPSA) is 44.8 Å². The van der Waals surface area contributed by atoms with Crippen molar-refractivity contribution in [1.29, 1.82) is 0 Å². The van der Waals surface area contributed by atoms with E-state index in [1.54, 1.807) is 0 Å². The highest BCUT2D eigenvalue weighted by Gasteiger charge is 2.13. The lowest BCUT2D eigenvalue weighted by Gasteiger charge is -2.07. The van der Waals surface area contributed by atoms with E-state index in [0.717, 1.165) is 37.2 Å². The van der Waals surface area contributed by atoms with Crippen molar-refractivity contribution in [1.82, 2.24) is 0 Å². The highest BCUT2D eigenvalue weighted by molar-refractivity contribution is 5.89. The normalized spacial score (nSPS) is 12.0. The maximum atomic E-state index is 11.5. The zero-order valence-electron chi connectivity index (χ0n) is 16.5. The van der Waals surface area contributed by atoms with E-state index in [0.29, 0.717) is 12.4 Å². The van der Waals surface area contributed by atoms with E-state index in [9.17, 15) is 4.79 Å². The number of carbonyl (C=O) groups excluding carboxylic acids is 1. The predicted molar refractivity (Wildman–Crippen MR) is 112 cm³/mol. The van der Waals surface area contributed by atoms with Crippen LogP contribution in [0.15, 0.2) is 66.7 Å². The van der Waals surface area contributed by atoms with Gasteiger partial charge in [-0.2, -0.15) is 0 Å². The maximum absolute atomic E-state index is 11.5. The molecule has 0 saturated heterocycles. The van der Waals surface area contributed by atoms with Crippen LogP contribution in [0.5, 0.6) is 11.5 Å². The van der Waals surface area contributed by atoms with Crippen LogP contribution in [0.3, 0.4) is 0 Å². The van der Waals surface area contributed by atoms with Crippen LogP contribution in [0.2, 0.25) is 0 Å². The molecule has 0 N–H and O–H groups in total. The summed E-state index contributed by atoms with van der Waals surface area (Å²) in [7, 11) is 1.40. The highest BCUT2D eigenvalue weighted by atomic mass is 16.7. The third-order valence-electron chi connectivity index (χ3n) is 5.21. The van der Waals surface area contributed by atoms with Crippen molar-refractivity contribution in [2.45, 2.75) is 25.7 Å². The number of rotatable bonds is 7. The van der Waals surface area contributed by atoms with Crippen LogP contribution >= 0.6 is 0 Å². The molecule has 1 aliphatic heterocycles. The molecule has 3 aromatic rings. The molecule has 0 saturated carbocycles. The van der Waals surface area contributed by atoms with Gasteiger partial charge in [-0.3, -0.25) is 0 Å². The van der Waals surface area contributed by atoms with Crippen molar-refractivity contribution >= 4 is 5.97 Å². The van der Waals surface area contributed by atoms with E-state index >= 15 is 0 Å². The summed E-state index contributed by atoms with van der Waals surface area (Å²) < 4.78 is 15.6. The smallest absolute Gasteiger partial charge is 0.337 e. The van der Waals surface area contributed by atoms with Crippen LogP contribution in [0, 0.1) is 0 Å². The second-order valence-electron chi connectivity index (χ2n) is 7.20. The fourth-order valence-electron chi connectivity index (χ4n) is 3.54. The molecular formula is C25H24O4. The van der Waals surface area contributed by atoms with Crippen LogP contribution in [-0.4, -0.2) is 19.9 Å². The van der Waals surface area contributed by atoms with Gasteiger partial charge in [-0.25, -0.2) is 4.79 Å². The number of ether oxygens (including phenoxy) is 3. The maximum Gasteiger partial charge on any atom is 0.337 e. The van der Waals surface area contributed by atoms with Crippen molar-refractivity contribution in [3.63, 3.8) is 0 Å². The highest BCUT2D eigenvalue weighted by Crippen LogP contribution is 2.32. The molecule has 4 rings (SSSR count). The first kappa shape index (κ1) is 19.1. The van der Waals surface area contributed by atoms with Crippen LogP contribution in [0.1, 0.15) is 32.6 Å². The molecule has 0 spiro atoms. The molecule has 0 unspecified atom stereocenters. The number of esters is 1. The molecule has 0 radical (unpaired) electrons. The van der Waals surface area contributed by atoms with Crippen LogP contribution in [0.25, 0.3) is 0 Å². The van der Waals surface area contributed by atoms with Crippen molar-refractivity contribution in [2.75, 3.05) is 13.9 Å². The SMILES string of the molecule is COC(=O)c1ccc(CCc2cccc(CCc3ccc4c(c3)OCO4)c2)cc1. The third-order valence-corrected chi connectivity index (χ3v) is 5.21. The fourth-order valence-corrected chi connectivity index (χ4v) is 3.54.